The lowest BCUT2D eigenvalue weighted by Gasteiger charge is -2.19. The van der Waals surface area contributed by atoms with Gasteiger partial charge in [-0.3, -0.25) is 4.72 Å². The van der Waals surface area contributed by atoms with Crippen molar-refractivity contribution in [3.8, 4) is 23.0 Å². The summed E-state index contributed by atoms with van der Waals surface area (Å²) in [5, 5.41) is 4.07. The van der Waals surface area contributed by atoms with Gasteiger partial charge in [0.2, 0.25) is 5.82 Å². The number of aromatic nitrogens is 4. The molecule has 38 heavy (non-hydrogen) atoms. The van der Waals surface area contributed by atoms with Crippen molar-refractivity contribution in [2.45, 2.75) is 44.6 Å². The van der Waals surface area contributed by atoms with Gasteiger partial charge < -0.3 is 9.09 Å². The topological polar surface area (TPSA) is 103 Å². The van der Waals surface area contributed by atoms with Gasteiger partial charge in [-0.25, -0.2) is 13.4 Å². The summed E-state index contributed by atoms with van der Waals surface area (Å²) in [6, 6.07) is 22.2. The fraction of sp³-hybridized carbons (Fsp3) is 0.207. The van der Waals surface area contributed by atoms with Crippen LogP contribution in [0.15, 0.2) is 94.7 Å². The second-order valence-electron chi connectivity index (χ2n) is 10.3. The highest BCUT2D eigenvalue weighted by Crippen LogP contribution is 2.25. The Balaban J connectivity index is 1.23. The van der Waals surface area contributed by atoms with Gasteiger partial charge in [0, 0.05) is 24.0 Å². The predicted molar refractivity (Wildman–Crippen MR) is 147 cm³/mol. The largest absolute Gasteiger partial charge is 0.332 e. The van der Waals surface area contributed by atoms with Crippen LogP contribution in [0.5, 0.6) is 0 Å². The first-order chi connectivity index (χ1) is 18.1. The molecule has 0 spiro atoms. The molecular formula is C29H29N5O3S. The lowest BCUT2D eigenvalue weighted by molar-refractivity contribution is 0.431. The molecule has 0 saturated carbocycles. The van der Waals surface area contributed by atoms with Crippen LogP contribution in [0, 0.1) is 6.92 Å². The zero-order valence-electron chi connectivity index (χ0n) is 21.7. The maximum atomic E-state index is 12.8. The Bertz CT molecular complexity index is 1650. The number of hydrogen-bond acceptors (Lipinski definition) is 6. The van der Waals surface area contributed by atoms with Crippen molar-refractivity contribution in [3.05, 3.63) is 102 Å². The summed E-state index contributed by atoms with van der Waals surface area (Å²) in [6.45, 7) is 8.85. The molecule has 0 saturated heterocycles. The van der Waals surface area contributed by atoms with Gasteiger partial charge >= 0.3 is 0 Å². The van der Waals surface area contributed by atoms with Gasteiger partial charge in [-0.15, -0.1) is 0 Å². The quantitative estimate of drug-likeness (QED) is 0.276. The normalized spacial score (nSPS) is 12.0. The standard InChI is InChI=1S/C29H29N5O3S/c1-20-5-9-22(10-6-20)27-31-28(37-32-27)26-18-34(19-30-26)17-21-7-13-24(14-8-21)33-38(35,36)25-15-11-23(12-16-25)29(2,3)4/h5-16,18-19,33H,17H2,1-4H3. The smallest absolute Gasteiger partial charge is 0.278 e. The van der Waals surface area contributed by atoms with E-state index in [4.69, 9.17) is 4.52 Å². The zero-order valence-corrected chi connectivity index (χ0v) is 22.5. The van der Waals surface area contributed by atoms with E-state index < -0.39 is 10.0 Å². The Morgan fingerprint density at radius 3 is 2.26 bits per heavy atom. The third-order valence-corrected chi connectivity index (χ3v) is 7.59. The van der Waals surface area contributed by atoms with E-state index in [0.29, 0.717) is 29.6 Å². The van der Waals surface area contributed by atoms with E-state index in [1.807, 2.05) is 66.2 Å². The highest BCUT2D eigenvalue weighted by atomic mass is 32.2. The molecule has 2 heterocycles. The van der Waals surface area contributed by atoms with Crippen molar-refractivity contribution >= 4 is 15.7 Å². The summed E-state index contributed by atoms with van der Waals surface area (Å²) in [4.78, 5) is 9.10. The van der Waals surface area contributed by atoms with Crippen LogP contribution in [0.2, 0.25) is 0 Å². The van der Waals surface area contributed by atoms with Crippen LogP contribution in [-0.2, 0) is 22.0 Å². The Kier molecular flexibility index (Phi) is 6.62. The van der Waals surface area contributed by atoms with Crippen LogP contribution < -0.4 is 4.72 Å². The van der Waals surface area contributed by atoms with E-state index >= 15 is 0 Å². The Labute approximate surface area is 222 Å². The molecule has 9 heteroatoms. The molecule has 1 N–H and O–H groups in total. The van der Waals surface area contributed by atoms with Gasteiger partial charge in [0.1, 0.15) is 5.69 Å². The molecule has 3 aromatic carbocycles. The second kappa shape index (κ2) is 9.90. The van der Waals surface area contributed by atoms with E-state index in [0.717, 1.165) is 22.3 Å². The van der Waals surface area contributed by atoms with E-state index in [1.54, 1.807) is 30.6 Å². The van der Waals surface area contributed by atoms with E-state index in [-0.39, 0.29) is 10.3 Å². The molecule has 0 aliphatic heterocycles. The van der Waals surface area contributed by atoms with Crippen LogP contribution in [-0.4, -0.2) is 28.1 Å². The minimum atomic E-state index is -3.68. The molecule has 5 rings (SSSR count). The summed E-state index contributed by atoms with van der Waals surface area (Å²) in [7, 11) is -3.68. The number of nitrogens with zero attached hydrogens (tertiary/aromatic N) is 4. The lowest BCUT2D eigenvalue weighted by Crippen LogP contribution is -2.15. The highest BCUT2D eigenvalue weighted by Gasteiger charge is 2.18. The van der Waals surface area contributed by atoms with Crippen LogP contribution in [0.3, 0.4) is 0 Å². The number of anilines is 1. The Morgan fingerprint density at radius 1 is 0.921 bits per heavy atom. The van der Waals surface area contributed by atoms with E-state index in [9.17, 15) is 8.42 Å². The summed E-state index contributed by atoms with van der Waals surface area (Å²) in [5.74, 6) is 0.859. The summed E-state index contributed by atoms with van der Waals surface area (Å²) >= 11 is 0. The van der Waals surface area contributed by atoms with Gasteiger partial charge in [-0.05, 0) is 47.7 Å². The predicted octanol–water partition coefficient (Wildman–Crippen LogP) is 6.06. The second-order valence-corrected chi connectivity index (χ2v) is 12.0. The van der Waals surface area contributed by atoms with Crippen LogP contribution in [0.25, 0.3) is 23.0 Å². The average Bonchev–Trinajstić information content (AvgIpc) is 3.55. The lowest BCUT2D eigenvalue weighted by atomic mass is 9.87. The molecule has 5 aromatic rings. The molecule has 0 radical (unpaired) electrons. The van der Waals surface area contributed by atoms with Crippen molar-refractivity contribution in [2.75, 3.05) is 4.72 Å². The minimum absolute atomic E-state index is 0.0444. The van der Waals surface area contributed by atoms with Gasteiger partial charge in [0.25, 0.3) is 15.9 Å². The molecule has 0 aliphatic carbocycles. The maximum Gasteiger partial charge on any atom is 0.278 e. The molecule has 194 valence electrons. The molecule has 2 aromatic heterocycles. The Morgan fingerprint density at radius 2 is 1.61 bits per heavy atom. The van der Waals surface area contributed by atoms with Gasteiger partial charge in [0.05, 0.1) is 11.2 Å². The van der Waals surface area contributed by atoms with Gasteiger partial charge in [-0.2, -0.15) is 4.98 Å². The third-order valence-electron chi connectivity index (χ3n) is 6.19. The van der Waals surface area contributed by atoms with E-state index in [2.05, 4.69) is 40.6 Å². The number of nitrogens with one attached hydrogen (secondary N) is 1. The number of aryl methyl sites for hydroxylation is 1. The molecule has 0 fully saturated rings. The van der Waals surface area contributed by atoms with E-state index in [1.165, 1.54) is 0 Å². The van der Waals surface area contributed by atoms with Gasteiger partial charge in [-0.1, -0.05) is 80.0 Å². The van der Waals surface area contributed by atoms with Gasteiger partial charge in [0.15, 0.2) is 0 Å². The summed E-state index contributed by atoms with van der Waals surface area (Å²) in [6.07, 6.45) is 3.53. The van der Waals surface area contributed by atoms with Crippen LogP contribution >= 0.6 is 0 Å². The van der Waals surface area contributed by atoms with Crippen molar-refractivity contribution in [1.29, 1.82) is 0 Å². The fourth-order valence-corrected chi connectivity index (χ4v) is 5.00. The molecule has 0 amide bonds. The zero-order chi connectivity index (χ0) is 26.9. The van der Waals surface area contributed by atoms with Crippen molar-refractivity contribution in [2.24, 2.45) is 0 Å². The van der Waals surface area contributed by atoms with Crippen molar-refractivity contribution in [3.63, 3.8) is 0 Å². The first-order valence-electron chi connectivity index (χ1n) is 12.2. The molecule has 0 unspecified atom stereocenters. The number of benzene rings is 3. The average molecular weight is 528 g/mol. The monoisotopic (exact) mass is 527 g/mol. The maximum absolute atomic E-state index is 12.8. The summed E-state index contributed by atoms with van der Waals surface area (Å²) in [5.41, 5.74) is 5.13. The summed E-state index contributed by atoms with van der Waals surface area (Å²) < 4.78 is 35.7. The van der Waals surface area contributed by atoms with Crippen LogP contribution in [0.1, 0.15) is 37.5 Å². The number of hydrogen-bond donors (Lipinski definition) is 1. The highest BCUT2D eigenvalue weighted by molar-refractivity contribution is 7.92. The molecule has 0 bridgehead atoms. The number of imidazole rings is 1. The first-order valence-corrected chi connectivity index (χ1v) is 13.7. The van der Waals surface area contributed by atoms with Crippen LogP contribution in [0.4, 0.5) is 5.69 Å². The van der Waals surface area contributed by atoms with Crippen molar-refractivity contribution in [1.82, 2.24) is 19.7 Å². The minimum Gasteiger partial charge on any atom is -0.332 e. The molecule has 0 aliphatic rings. The Hall–Kier alpha value is -4.24. The molecule has 8 nitrogen and oxygen atoms in total. The molecule has 0 atom stereocenters. The number of rotatable bonds is 7. The SMILES string of the molecule is Cc1ccc(-c2noc(-c3cn(Cc4ccc(NS(=O)(=O)c5ccc(C(C)(C)C)cc5)cc4)cn3)n2)cc1. The fourth-order valence-electron chi connectivity index (χ4n) is 3.94. The third kappa shape index (κ3) is 5.68. The number of sulfonamides is 1. The first kappa shape index (κ1) is 25.4. The van der Waals surface area contributed by atoms with Crippen molar-refractivity contribution < 1.29 is 12.9 Å². The molecular weight excluding hydrogens is 498 g/mol.